The molecule has 108 valence electrons. The number of fused-ring (bicyclic) bond motifs is 1. The molecule has 2 aromatic rings. The van der Waals surface area contributed by atoms with Crippen LogP contribution in [0.4, 0.5) is 0 Å². The van der Waals surface area contributed by atoms with E-state index in [9.17, 15) is 5.11 Å². The maximum Gasteiger partial charge on any atom is 0.213 e. The lowest BCUT2D eigenvalue weighted by atomic mass is 10.2. The third-order valence-corrected chi connectivity index (χ3v) is 3.36. The van der Waals surface area contributed by atoms with E-state index in [0.717, 1.165) is 24.0 Å². The van der Waals surface area contributed by atoms with Gasteiger partial charge in [0.25, 0.3) is 0 Å². The van der Waals surface area contributed by atoms with Crippen molar-refractivity contribution in [2.75, 3.05) is 26.2 Å². The number of benzene rings is 1. The monoisotopic (exact) mass is 274 g/mol. The van der Waals surface area contributed by atoms with E-state index in [1.165, 1.54) is 0 Å². The van der Waals surface area contributed by atoms with E-state index < -0.39 is 6.10 Å². The summed E-state index contributed by atoms with van der Waals surface area (Å²) >= 11 is 0. The van der Waals surface area contributed by atoms with Crippen molar-refractivity contribution in [2.24, 2.45) is 0 Å². The Morgan fingerprint density at radius 1 is 1.15 bits per heavy atom. The van der Waals surface area contributed by atoms with Gasteiger partial charge in [-0.2, -0.15) is 0 Å². The molecule has 0 unspecified atom stereocenters. The second-order valence-electron chi connectivity index (χ2n) is 4.79. The largest absolute Gasteiger partial charge is 0.475 e. The molecule has 0 aliphatic heterocycles. The summed E-state index contributed by atoms with van der Waals surface area (Å²) in [6.07, 6.45) is -0.497. The van der Waals surface area contributed by atoms with Gasteiger partial charge in [0.15, 0.2) is 0 Å². The summed E-state index contributed by atoms with van der Waals surface area (Å²) in [6, 6.07) is 11.7. The summed E-state index contributed by atoms with van der Waals surface area (Å²) in [4.78, 5) is 6.59. The molecule has 0 spiro atoms. The molecule has 2 rings (SSSR count). The van der Waals surface area contributed by atoms with Crippen LogP contribution in [0, 0.1) is 0 Å². The van der Waals surface area contributed by atoms with Crippen molar-refractivity contribution < 1.29 is 9.84 Å². The SMILES string of the molecule is CCN(CC)C[C@@H](O)COc1ccc2ccccc2n1. The predicted octanol–water partition coefficient (Wildman–Crippen LogP) is 2.32. The first-order valence-corrected chi connectivity index (χ1v) is 7.12. The van der Waals surface area contributed by atoms with Gasteiger partial charge < -0.3 is 14.7 Å². The molecule has 0 radical (unpaired) electrons. The van der Waals surface area contributed by atoms with Crippen molar-refractivity contribution in [3.8, 4) is 5.88 Å². The van der Waals surface area contributed by atoms with Gasteiger partial charge in [-0.05, 0) is 25.2 Å². The molecule has 4 nitrogen and oxygen atoms in total. The van der Waals surface area contributed by atoms with Gasteiger partial charge in [0.05, 0.1) is 5.52 Å². The summed E-state index contributed by atoms with van der Waals surface area (Å²) in [5, 5.41) is 11.0. The molecule has 0 amide bonds. The highest BCUT2D eigenvalue weighted by Crippen LogP contribution is 2.16. The van der Waals surface area contributed by atoms with E-state index in [1.54, 1.807) is 0 Å². The van der Waals surface area contributed by atoms with Gasteiger partial charge in [0.2, 0.25) is 5.88 Å². The molecule has 0 saturated carbocycles. The number of pyridine rings is 1. The smallest absolute Gasteiger partial charge is 0.213 e. The topological polar surface area (TPSA) is 45.6 Å². The molecule has 1 N–H and O–H groups in total. The number of aliphatic hydroxyl groups is 1. The van der Waals surface area contributed by atoms with Crippen molar-refractivity contribution in [1.29, 1.82) is 0 Å². The van der Waals surface area contributed by atoms with E-state index in [2.05, 4.69) is 23.7 Å². The summed E-state index contributed by atoms with van der Waals surface area (Å²) in [7, 11) is 0. The molecular formula is C16H22N2O2. The Hall–Kier alpha value is -1.65. The molecule has 20 heavy (non-hydrogen) atoms. The van der Waals surface area contributed by atoms with Crippen LogP contribution < -0.4 is 4.74 Å². The highest BCUT2D eigenvalue weighted by atomic mass is 16.5. The number of para-hydroxylation sites is 1. The summed E-state index contributed by atoms with van der Waals surface area (Å²) in [6.45, 7) is 6.93. The van der Waals surface area contributed by atoms with Gasteiger partial charge in [0, 0.05) is 18.0 Å². The molecule has 1 atom stereocenters. The van der Waals surface area contributed by atoms with Crippen LogP contribution in [0.1, 0.15) is 13.8 Å². The van der Waals surface area contributed by atoms with Gasteiger partial charge in [-0.1, -0.05) is 32.0 Å². The van der Waals surface area contributed by atoms with E-state index in [-0.39, 0.29) is 6.61 Å². The van der Waals surface area contributed by atoms with E-state index in [0.29, 0.717) is 12.4 Å². The normalized spacial score (nSPS) is 12.8. The number of hydrogen-bond acceptors (Lipinski definition) is 4. The van der Waals surface area contributed by atoms with Gasteiger partial charge in [-0.3, -0.25) is 0 Å². The first-order chi connectivity index (χ1) is 9.72. The zero-order valence-electron chi connectivity index (χ0n) is 12.1. The lowest BCUT2D eigenvalue weighted by Crippen LogP contribution is -2.35. The number of hydrogen-bond donors (Lipinski definition) is 1. The Balaban J connectivity index is 1.92. The minimum Gasteiger partial charge on any atom is -0.475 e. The average molecular weight is 274 g/mol. The lowest BCUT2D eigenvalue weighted by molar-refractivity contribution is 0.0700. The Bertz CT molecular complexity index is 541. The first-order valence-electron chi connectivity index (χ1n) is 7.12. The minimum absolute atomic E-state index is 0.266. The Morgan fingerprint density at radius 2 is 1.90 bits per heavy atom. The van der Waals surface area contributed by atoms with Gasteiger partial charge >= 0.3 is 0 Å². The summed E-state index contributed by atoms with van der Waals surface area (Å²) in [5.41, 5.74) is 0.906. The number of aliphatic hydroxyl groups excluding tert-OH is 1. The third kappa shape index (κ3) is 3.92. The minimum atomic E-state index is -0.497. The van der Waals surface area contributed by atoms with Crippen LogP contribution in [-0.4, -0.2) is 47.3 Å². The lowest BCUT2D eigenvalue weighted by Gasteiger charge is -2.21. The average Bonchev–Trinajstić information content (AvgIpc) is 2.50. The number of likely N-dealkylation sites (N-methyl/N-ethyl adjacent to an activating group) is 1. The maximum atomic E-state index is 9.96. The van der Waals surface area contributed by atoms with Crippen molar-refractivity contribution >= 4 is 10.9 Å². The van der Waals surface area contributed by atoms with E-state index >= 15 is 0 Å². The first kappa shape index (κ1) is 14.8. The summed E-state index contributed by atoms with van der Waals surface area (Å²) in [5.74, 6) is 0.558. The van der Waals surface area contributed by atoms with E-state index in [1.807, 2.05) is 36.4 Å². The molecule has 1 aromatic heterocycles. The Morgan fingerprint density at radius 3 is 2.65 bits per heavy atom. The van der Waals surface area contributed by atoms with Crippen LogP contribution in [0.25, 0.3) is 10.9 Å². The fourth-order valence-corrected chi connectivity index (χ4v) is 2.14. The second-order valence-corrected chi connectivity index (χ2v) is 4.79. The number of aromatic nitrogens is 1. The van der Waals surface area contributed by atoms with Crippen LogP contribution >= 0.6 is 0 Å². The van der Waals surface area contributed by atoms with Crippen LogP contribution in [0.2, 0.25) is 0 Å². The molecule has 0 aliphatic rings. The van der Waals surface area contributed by atoms with Crippen LogP contribution in [0.5, 0.6) is 5.88 Å². The Labute approximate surface area is 120 Å². The van der Waals surface area contributed by atoms with Gasteiger partial charge in [-0.15, -0.1) is 0 Å². The van der Waals surface area contributed by atoms with Crippen molar-refractivity contribution in [2.45, 2.75) is 20.0 Å². The molecule has 0 saturated heterocycles. The molecular weight excluding hydrogens is 252 g/mol. The summed E-state index contributed by atoms with van der Waals surface area (Å²) < 4.78 is 5.58. The number of rotatable bonds is 7. The van der Waals surface area contributed by atoms with Crippen molar-refractivity contribution in [3.63, 3.8) is 0 Å². The van der Waals surface area contributed by atoms with Crippen LogP contribution in [-0.2, 0) is 0 Å². The number of ether oxygens (including phenoxy) is 1. The molecule has 1 aromatic carbocycles. The quantitative estimate of drug-likeness (QED) is 0.841. The molecule has 0 aliphatic carbocycles. The fraction of sp³-hybridized carbons (Fsp3) is 0.438. The van der Waals surface area contributed by atoms with Gasteiger partial charge in [-0.25, -0.2) is 4.98 Å². The second kappa shape index (κ2) is 7.22. The van der Waals surface area contributed by atoms with E-state index in [4.69, 9.17) is 4.74 Å². The molecule has 1 heterocycles. The van der Waals surface area contributed by atoms with Crippen LogP contribution in [0.3, 0.4) is 0 Å². The van der Waals surface area contributed by atoms with Gasteiger partial charge in [0.1, 0.15) is 12.7 Å². The molecule has 0 fully saturated rings. The zero-order chi connectivity index (χ0) is 14.4. The predicted molar refractivity (Wildman–Crippen MR) is 81.0 cm³/mol. The third-order valence-electron chi connectivity index (χ3n) is 3.36. The number of nitrogens with zero attached hydrogens (tertiary/aromatic N) is 2. The molecule has 4 heteroatoms. The Kier molecular flexibility index (Phi) is 5.32. The van der Waals surface area contributed by atoms with Crippen LogP contribution in [0.15, 0.2) is 36.4 Å². The zero-order valence-corrected chi connectivity index (χ0v) is 12.1. The standard InChI is InChI=1S/C16H22N2O2/c1-3-18(4-2)11-14(19)12-20-16-10-9-13-7-5-6-8-15(13)17-16/h5-10,14,19H,3-4,11-12H2,1-2H3/t14-/m1/s1. The molecule has 0 bridgehead atoms. The fourth-order valence-electron chi connectivity index (χ4n) is 2.14. The highest BCUT2D eigenvalue weighted by molar-refractivity contribution is 5.78. The van der Waals surface area contributed by atoms with Crippen molar-refractivity contribution in [1.82, 2.24) is 9.88 Å². The van der Waals surface area contributed by atoms with Crippen molar-refractivity contribution in [3.05, 3.63) is 36.4 Å². The highest BCUT2D eigenvalue weighted by Gasteiger charge is 2.10. The maximum absolute atomic E-state index is 9.96.